The molecule has 4 aromatic rings. The molecular formula is C21H19FN6O2. The standard InChI is InChI=1S/C21H19FN6O2/c1-30-11-10-24-21(29)17-18-20(27-16-5-3-2-4-15(16)26-18)28(19(17)23)25-12-13-6-8-14(22)9-7-13/h2-9,12H,10-11,23H2,1H3,(H,24,29)/b25-12+. The van der Waals surface area contributed by atoms with E-state index in [9.17, 15) is 9.18 Å². The summed E-state index contributed by atoms with van der Waals surface area (Å²) in [6, 6.07) is 13.1. The van der Waals surface area contributed by atoms with Crippen LogP contribution in [0.2, 0.25) is 0 Å². The van der Waals surface area contributed by atoms with Gasteiger partial charge in [0.05, 0.1) is 23.9 Å². The number of aromatic nitrogens is 3. The molecule has 0 radical (unpaired) electrons. The number of nitrogens with one attached hydrogen (secondary N) is 1. The van der Waals surface area contributed by atoms with Crippen LogP contribution in [0.25, 0.3) is 22.2 Å². The number of carbonyl (C=O) groups is 1. The summed E-state index contributed by atoms with van der Waals surface area (Å²) < 4.78 is 19.5. The van der Waals surface area contributed by atoms with Crippen molar-refractivity contribution in [1.82, 2.24) is 20.0 Å². The minimum absolute atomic E-state index is 0.105. The number of nitrogens with two attached hydrogens (primary N) is 1. The van der Waals surface area contributed by atoms with Gasteiger partial charge in [-0.05, 0) is 29.8 Å². The second-order valence-electron chi connectivity index (χ2n) is 6.50. The van der Waals surface area contributed by atoms with E-state index in [0.717, 1.165) is 0 Å². The fraction of sp³-hybridized carbons (Fsp3) is 0.143. The van der Waals surface area contributed by atoms with Crippen molar-refractivity contribution in [3.63, 3.8) is 0 Å². The first kappa shape index (κ1) is 19.5. The number of anilines is 1. The number of hydrogen-bond donors (Lipinski definition) is 2. The van der Waals surface area contributed by atoms with Crippen LogP contribution < -0.4 is 11.1 Å². The highest BCUT2D eigenvalue weighted by atomic mass is 19.1. The lowest BCUT2D eigenvalue weighted by atomic mass is 10.2. The van der Waals surface area contributed by atoms with Gasteiger partial charge in [-0.25, -0.2) is 14.4 Å². The van der Waals surface area contributed by atoms with Gasteiger partial charge >= 0.3 is 0 Å². The molecule has 0 aliphatic carbocycles. The van der Waals surface area contributed by atoms with Crippen molar-refractivity contribution < 1.29 is 13.9 Å². The normalized spacial score (nSPS) is 11.5. The van der Waals surface area contributed by atoms with E-state index in [-0.39, 0.29) is 17.2 Å². The van der Waals surface area contributed by atoms with E-state index < -0.39 is 5.91 Å². The molecule has 4 rings (SSSR count). The summed E-state index contributed by atoms with van der Waals surface area (Å²) in [5.74, 6) is -0.631. The predicted molar refractivity (Wildman–Crippen MR) is 113 cm³/mol. The van der Waals surface area contributed by atoms with Gasteiger partial charge in [0.15, 0.2) is 5.65 Å². The van der Waals surface area contributed by atoms with E-state index in [1.807, 2.05) is 24.3 Å². The SMILES string of the molecule is COCCNC(=O)c1c(N)n(/N=C/c2ccc(F)cc2)c2nc3ccccc3nc12. The molecule has 2 aromatic heterocycles. The van der Waals surface area contributed by atoms with Crippen LogP contribution in [0.1, 0.15) is 15.9 Å². The zero-order valence-electron chi connectivity index (χ0n) is 16.2. The molecule has 3 N–H and O–H groups in total. The molecule has 30 heavy (non-hydrogen) atoms. The van der Waals surface area contributed by atoms with Crippen molar-refractivity contribution in [1.29, 1.82) is 0 Å². The fourth-order valence-corrected chi connectivity index (χ4v) is 3.02. The van der Waals surface area contributed by atoms with Crippen LogP contribution >= 0.6 is 0 Å². The van der Waals surface area contributed by atoms with E-state index in [2.05, 4.69) is 20.4 Å². The number of carbonyl (C=O) groups excluding carboxylic acids is 1. The van der Waals surface area contributed by atoms with E-state index >= 15 is 0 Å². The van der Waals surface area contributed by atoms with Gasteiger partial charge in [-0.3, -0.25) is 4.79 Å². The maximum atomic E-state index is 13.1. The summed E-state index contributed by atoms with van der Waals surface area (Å²) in [5.41, 5.74) is 9.12. The molecular weight excluding hydrogens is 387 g/mol. The lowest BCUT2D eigenvalue weighted by Crippen LogP contribution is -2.27. The number of benzene rings is 2. The highest BCUT2D eigenvalue weighted by Gasteiger charge is 2.23. The Morgan fingerprint density at radius 3 is 2.60 bits per heavy atom. The number of nitrogens with zero attached hydrogens (tertiary/aromatic N) is 4. The molecule has 8 nitrogen and oxygen atoms in total. The van der Waals surface area contributed by atoms with Crippen LogP contribution in [-0.2, 0) is 4.74 Å². The van der Waals surface area contributed by atoms with Crippen molar-refractivity contribution in [2.75, 3.05) is 26.0 Å². The first-order chi connectivity index (χ1) is 14.6. The Morgan fingerprint density at radius 2 is 1.90 bits per heavy atom. The zero-order valence-corrected chi connectivity index (χ0v) is 16.2. The number of rotatable bonds is 6. The number of nitrogen functional groups attached to an aromatic ring is 1. The first-order valence-electron chi connectivity index (χ1n) is 9.22. The number of fused-ring (bicyclic) bond motifs is 2. The van der Waals surface area contributed by atoms with Crippen LogP contribution in [0.4, 0.5) is 10.2 Å². The maximum absolute atomic E-state index is 13.1. The molecule has 0 fully saturated rings. The van der Waals surface area contributed by atoms with Gasteiger partial charge in [0.1, 0.15) is 22.7 Å². The van der Waals surface area contributed by atoms with Crippen molar-refractivity contribution in [2.24, 2.45) is 5.10 Å². The van der Waals surface area contributed by atoms with Gasteiger partial charge in [0.25, 0.3) is 5.91 Å². The predicted octanol–water partition coefficient (Wildman–Crippen LogP) is 2.56. The average molecular weight is 406 g/mol. The summed E-state index contributed by atoms with van der Waals surface area (Å²) in [6.45, 7) is 0.683. The number of halogens is 1. The molecule has 0 aliphatic rings. The molecule has 9 heteroatoms. The summed E-state index contributed by atoms with van der Waals surface area (Å²) in [6.07, 6.45) is 1.51. The molecule has 1 amide bonds. The van der Waals surface area contributed by atoms with Gasteiger partial charge in [0, 0.05) is 13.7 Å². The van der Waals surface area contributed by atoms with E-state index in [1.165, 1.54) is 23.0 Å². The van der Waals surface area contributed by atoms with Crippen molar-refractivity contribution >= 4 is 40.1 Å². The summed E-state index contributed by atoms with van der Waals surface area (Å²) >= 11 is 0. The second-order valence-corrected chi connectivity index (χ2v) is 6.50. The molecule has 0 unspecified atom stereocenters. The summed E-state index contributed by atoms with van der Waals surface area (Å²) in [5, 5.41) is 7.13. The Hall–Kier alpha value is -3.85. The van der Waals surface area contributed by atoms with Gasteiger partial charge in [-0.1, -0.05) is 24.3 Å². The first-order valence-corrected chi connectivity index (χ1v) is 9.22. The lowest BCUT2D eigenvalue weighted by Gasteiger charge is -2.04. The monoisotopic (exact) mass is 406 g/mol. The van der Waals surface area contributed by atoms with Crippen LogP contribution in [0.3, 0.4) is 0 Å². The minimum Gasteiger partial charge on any atom is -0.383 e. The molecule has 0 aliphatic heterocycles. The molecule has 152 valence electrons. The topological polar surface area (TPSA) is 107 Å². The van der Waals surface area contributed by atoms with Gasteiger partial charge in [0.2, 0.25) is 0 Å². The quantitative estimate of drug-likeness (QED) is 0.378. The maximum Gasteiger partial charge on any atom is 0.257 e. The van der Waals surface area contributed by atoms with Gasteiger partial charge < -0.3 is 15.8 Å². The summed E-state index contributed by atoms with van der Waals surface area (Å²) in [4.78, 5) is 22.0. The smallest absolute Gasteiger partial charge is 0.257 e. The van der Waals surface area contributed by atoms with Crippen molar-refractivity contribution in [3.05, 3.63) is 65.5 Å². The average Bonchev–Trinajstić information content (AvgIpc) is 3.02. The number of amides is 1. The molecule has 0 atom stereocenters. The van der Waals surface area contributed by atoms with E-state index in [4.69, 9.17) is 10.5 Å². The third kappa shape index (κ3) is 3.70. The number of para-hydroxylation sites is 2. The van der Waals surface area contributed by atoms with Crippen LogP contribution in [0.15, 0.2) is 53.6 Å². The van der Waals surface area contributed by atoms with Crippen molar-refractivity contribution in [3.8, 4) is 0 Å². The third-order valence-electron chi connectivity index (χ3n) is 4.48. The molecule has 0 spiro atoms. The minimum atomic E-state index is -0.394. The molecule has 2 aromatic carbocycles. The summed E-state index contributed by atoms with van der Waals surface area (Å²) in [7, 11) is 1.55. The Balaban J connectivity index is 1.85. The Kier molecular flexibility index (Phi) is 5.36. The highest BCUT2D eigenvalue weighted by Crippen LogP contribution is 2.27. The highest BCUT2D eigenvalue weighted by molar-refractivity contribution is 6.10. The number of methoxy groups -OCH3 is 1. The van der Waals surface area contributed by atoms with Gasteiger partial charge in [-0.15, -0.1) is 0 Å². The Labute approximate surface area is 171 Å². The number of ether oxygens (including phenoxy) is 1. The largest absolute Gasteiger partial charge is 0.383 e. The fourth-order valence-electron chi connectivity index (χ4n) is 3.02. The van der Waals surface area contributed by atoms with E-state index in [0.29, 0.717) is 40.9 Å². The van der Waals surface area contributed by atoms with Crippen LogP contribution in [0, 0.1) is 5.82 Å². The molecule has 2 heterocycles. The van der Waals surface area contributed by atoms with Crippen LogP contribution in [0.5, 0.6) is 0 Å². The second kappa shape index (κ2) is 8.26. The molecule has 0 saturated heterocycles. The van der Waals surface area contributed by atoms with Crippen molar-refractivity contribution in [2.45, 2.75) is 0 Å². The van der Waals surface area contributed by atoms with Gasteiger partial charge in [-0.2, -0.15) is 9.78 Å². The Morgan fingerprint density at radius 1 is 1.20 bits per heavy atom. The third-order valence-corrected chi connectivity index (χ3v) is 4.48. The Bertz CT molecular complexity index is 1250. The van der Waals surface area contributed by atoms with E-state index in [1.54, 1.807) is 19.2 Å². The molecule has 0 saturated carbocycles. The van der Waals surface area contributed by atoms with Crippen LogP contribution in [-0.4, -0.2) is 47.0 Å². The number of hydrogen-bond acceptors (Lipinski definition) is 6. The molecule has 0 bridgehead atoms. The lowest BCUT2D eigenvalue weighted by molar-refractivity contribution is 0.0939. The zero-order chi connectivity index (χ0) is 21.1.